The van der Waals surface area contributed by atoms with Crippen molar-refractivity contribution in [3.63, 3.8) is 0 Å². The number of aromatic nitrogens is 3. The summed E-state index contributed by atoms with van der Waals surface area (Å²) in [4.78, 5) is 4.30. The van der Waals surface area contributed by atoms with Crippen molar-refractivity contribution in [3.8, 4) is 16.9 Å². The van der Waals surface area contributed by atoms with Gasteiger partial charge in [-0.25, -0.2) is 9.67 Å². The fourth-order valence-electron chi connectivity index (χ4n) is 2.13. The molecule has 0 aliphatic rings. The number of hydrogen-bond donors (Lipinski definition) is 1. The zero-order valence-electron chi connectivity index (χ0n) is 10.6. The Morgan fingerprint density at radius 3 is 2.53 bits per heavy atom. The van der Waals surface area contributed by atoms with Crippen molar-refractivity contribution < 1.29 is 0 Å². The van der Waals surface area contributed by atoms with Gasteiger partial charge in [0, 0.05) is 11.3 Å². The van der Waals surface area contributed by atoms with Crippen LogP contribution in [0.25, 0.3) is 16.9 Å². The second kappa shape index (κ2) is 4.57. The van der Waals surface area contributed by atoms with E-state index in [2.05, 4.69) is 10.1 Å². The predicted molar refractivity (Wildman–Crippen MR) is 75.9 cm³/mol. The summed E-state index contributed by atoms with van der Waals surface area (Å²) in [6.45, 7) is 1.95. The Kier molecular flexibility index (Phi) is 2.76. The van der Waals surface area contributed by atoms with Crippen molar-refractivity contribution in [3.05, 3.63) is 60.4 Å². The molecule has 0 aliphatic heterocycles. The fraction of sp³-hybridized carbons (Fsp3) is 0.0667. The van der Waals surface area contributed by atoms with E-state index in [1.807, 2.05) is 60.1 Å². The highest BCUT2D eigenvalue weighted by atomic mass is 15.3. The highest BCUT2D eigenvalue weighted by Crippen LogP contribution is 2.25. The van der Waals surface area contributed by atoms with Crippen LogP contribution in [0.1, 0.15) is 5.69 Å². The number of nitrogen functional groups attached to an aromatic ring is 1. The third-order valence-electron chi connectivity index (χ3n) is 3.03. The molecule has 3 aromatic rings. The summed E-state index contributed by atoms with van der Waals surface area (Å²) in [5, 5.41) is 4.38. The molecule has 19 heavy (non-hydrogen) atoms. The number of aryl methyl sites for hydroxylation is 1. The van der Waals surface area contributed by atoms with Crippen LogP contribution in [0.2, 0.25) is 0 Å². The number of hydrogen-bond acceptors (Lipinski definition) is 3. The van der Waals surface area contributed by atoms with Crippen LogP contribution in [0.15, 0.2) is 54.7 Å². The quantitative estimate of drug-likeness (QED) is 0.760. The molecular weight excluding hydrogens is 236 g/mol. The fourth-order valence-corrected chi connectivity index (χ4v) is 2.13. The van der Waals surface area contributed by atoms with E-state index in [1.165, 1.54) is 0 Å². The number of para-hydroxylation sites is 1. The van der Waals surface area contributed by atoms with Crippen LogP contribution in [0.3, 0.4) is 0 Å². The van der Waals surface area contributed by atoms with Crippen LogP contribution in [0.4, 0.5) is 5.82 Å². The molecular formula is C15H14N4. The van der Waals surface area contributed by atoms with Crippen LogP contribution in [0.5, 0.6) is 0 Å². The zero-order valence-corrected chi connectivity index (χ0v) is 10.6. The maximum absolute atomic E-state index is 5.70. The van der Waals surface area contributed by atoms with Gasteiger partial charge in [-0.3, -0.25) is 0 Å². The highest BCUT2D eigenvalue weighted by molar-refractivity contribution is 5.65. The third-order valence-corrected chi connectivity index (χ3v) is 3.03. The summed E-state index contributed by atoms with van der Waals surface area (Å²) >= 11 is 0. The molecule has 2 heterocycles. The first-order valence-electron chi connectivity index (χ1n) is 6.08. The van der Waals surface area contributed by atoms with E-state index in [4.69, 9.17) is 5.73 Å². The van der Waals surface area contributed by atoms with E-state index < -0.39 is 0 Å². The Hall–Kier alpha value is -2.62. The smallest absolute Gasteiger partial charge is 0.123 e. The minimum absolute atomic E-state index is 0.534. The van der Waals surface area contributed by atoms with Gasteiger partial charge >= 0.3 is 0 Å². The molecule has 0 saturated heterocycles. The molecule has 2 aromatic heterocycles. The third kappa shape index (κ3) is 2.08. The number of nitrogens with two attached hydrogens (primary N) is 1. The van der Waals surface area contributed by atoms with E-state index in [0.717, 1.165) is 22.6 Å². The van der Waals surface area contributed by atoms with Gasteiger partial charge in [0.05, 0.1) is 17.6 Å². The molecule has 0 saturated carbocycles. The first kappa shape index (κ1) is 11.5. The first-order chi connectivity index (χ1) is 9.25. The molecule has 0 unspecified atom stereocenters. The minimum atomic E-state index is 0.534. The number of pyridine rings is 1. The van der Waals surface area contributed by atoms with Gasteiger partial charge < -0.3 is 5.73 Å². The van der Waals surface area contributed by atoms with Crippen LogP contribution in [0, 0.1) is 6.92 Å². The number of rotatable bonds is 2. The Morgan fingerprint density at radius 2 is 1.79 bits per heavy atom. The van der Waals surface area contributed by atoms with Gasteiger partial charge in [0.2, 0.25) is 0 Å². The van der Waals surface area contributed by atoms with Gasteiger partial charge in [0.15, 0.2) is 0 Å². The molecule has 0 bridgehead atoms. The second-order valence-corrected chi connectivity index (χ2v) is 4.33. The van der Waals surface area contributed by atoms with Crippen molar-refractivity contribution in [1.29, 1.82) is 0 Å². The largest absolute Gasteiger partial charge is 0.384 e. The van der Waals surface area contributed by atoms with E-state index in [0.29, 0.717) is 5.82 Å². The average Bonchev–Trinajstić information content (AvgIpc) is 2.89. The Balaban J connectivity index is 2.15. The number of benzene rings is 1. The monoisotopic (exact) mass is 250 g/mol. The molecule has 2 N–H and O–H groups in total. The predicted octanol–water partition coefficient (Wildman–Crippen LogP) is 2.82. The van der Waals surface area contributed by atoms with Crippen molar-refractivity contribution in [2.24, 2.45) is 0 Å². The standard InChI is InChI=1S/C15H14N4/c1-11-13(7-8-15(16)18-11)14-9-10-17-19(14)12-5-3-2-4-6-12/h2-10H,1H3,(H2,16,18). The molecule has 0 radical (unpaired) electrons. The van der Waals surface area contributed by atoms with Gasteiger partial charge in [-0.15, -0.1) is 0 Å². The van der Waals surface area contributed by atoms with Gasteiger partial charge in [0.25, 0.3) is 0 Å². The summed E-state index contributed by atoms with van der Waals surface area (Å²) in [7, 11) is 0. The van der Waals surface area contributed by atoms with Crippen LogP contribution < -0.4 is 5.73 Å². The summed E-state index contributed by atoms with van der Waals surface area (Å²) < 4.78 is 1.90. The van der Waals surface area contributed by atoms with Crippen LogP contribution in [-0.4, -0.2) is 14.8 Å². The zero-order chi connectivity index (χ0) is 13.2. The van der Waals surface area contributed by atoms with E-state index in [1.54, 1.807) is 6.20 Å². The van der Waals surface area contributed by atoms with Crippen molar-refractivity contribution in [2.75, 3.05) is 5.73 Å². The molecule has 3 rings (SSSR count). The Labute approximate surface area is 111 Å². The average molecular weight is 250 g/mol. The molecule has 0 atom stereocenters. The topological polar surface area (TPSA) is 56.7 Å². The van der Waals surface area contributed by atoms with Crippen molar-refractivity contribution in [2.45, 2.75) is 6.92 Å². The summed E-state index contributed by atoms with van der Waals surface area (Å²) in [5.41, 5.74) is 9.67. The molecule has 0 fully saturated rings. The maximum Gasteiger partial charge on any atom is 0.123 e. The summed E-state index contributed by atoms with van der Waals surface area (Å²) in [6.07, 6.45) is 1.79. The summed E-state index contributed by atoms with van der Waals surface area (Å²) in [6, 6.07) is 15.8. The van der Waals surface area contributed by atoms with Crippen molar-refractivity contribution >= 4 is 5.82 Å². The van der Waals surface area contributed by atoms with Gasteiger partial charge in [-0.1, -0.05) is 18.2 Å². The van der Waals surface area contributed by atoms with E-state index in [9.17, 15) is 0 Å². The number of nitrogens with zero attached hydrogens (tertiary/aromatic N) is 3. The lowest BCUT2D eigenvalue weighted by atomic mass is 10.1. The number of anilines is 1. The Morgan fingerprint density at radius 1 is 1.00 bits per heavy atom. The molecule has 1 aromatic carbocycles. The van der Waals surface area contributed by atoms with E-state index in [-0.39, 0.29) is 0 Å². The van der Waals surface area contributed by atoms with E-state index >= 15 is 0 Å². The van der Waals surface area contributed by atoms with Crippen LogP contribution in [-0.2, 0) is 0 Å². The molecule has 0 amide bonds. The molecule has 0 aliphatic carbocycles. The lowest BCUT2D eigenvalue weighted by molar-refractivity contribution is 0.886. The molecule has 4 heteroatoms. The lowest BCUT2D eigenvalue weighted by Gasteiger charge is -2.09. The van der Waals surface area contributed by atoms with Crippen LogP contribution >= 0.6 is 0 Å². The normalized spacial score (nSPS) is 10.6. The SMILES string of the molecule is Cc1nc(N)ccc1-c1ccnn1-c1ccccc1. The van der Waals surface area contributed by atoms with Gasteiger partial charge in [-0.05, 0) is 37.3 Å². The van der Waals surface area contributed by atoms with Gasteiger partial charge in [-0.2, -0.15) is 5.10 Å². The Bertz CT molecular complexity index is 701. The molecule has 4 nitrogen and oxygen atoms in total. The summed E-state index contributed by atoms with van der Waals surface area (Å²) in [5.74, 6) is 0.534. The molecule has 94 valence electrons. The van der Waals surface area contributed by atoms with Gasteiger partial charge in [0.1, 0.15) is 5.82 Å². The highest BCUT2D eigenvalue weighted by Gasteiger charge is 2.10. The second-order valence-electron chi connectivity index (χ2n) is 4.33. The maximum atomic E-state index is 5.70. The minimum Gasteiger partial charge on any atom is -0.384 e. The van der Waals surface area contributed by atoms with Crippen molar-refractivity contribution in [1.82, 2.24) is 14.8 Å². The molecule has 0 spiro atoms. The lowest BCUT2D eigenvalue weighted by Crippen LogP contribution is -2.01. The first-order valence-corrected chi connectivity index (χ1v) is 6.08.